The predicted octanol–water partition coefficient (Wildman–Crippen LogP) is 5.93. The Labute approximate surface area is 228 Å². The van der Waals surface area contributed by atoms with E-state index in [1.54, 1.807) is 37.4 Å². The maximum atomic E-state index is 13.9. The Hall–Kier alpha value is -2.40. The summed E-state index contributed by atoms with van der Waals surface area (Å²) in [5, 5.41) is 0.693. The number of halogens is 1. The van der Waals surface area contributed by atoms with E-state index in [9.17, 15) is 8.42 Å². The van der Waals surface area contributed by atoms with Gasteiger partial charge in [0.1, 0.15) is 17.8 Å². The van der Waals surface area contributed by atoms with Crippen molar-refractivity contribution in [3.63, 3.8) is 0 Å². The second kappa shape index (κ2) is 12.0. The summed E-state index contributed by atoms with van der Waals surface area (Å²) >= 11 is 7.75. The highest BCUT2D eigenvalue weighted by molar-refractivity contribution is 7.93. The smallest absolute Gasteiger partial charge is 0.266 e. The molecular formula is C26H33ClN4O4S2. The first-order chi connectivity index (χ1) is 17.8. The zero-order chi connectivity index (χ0) is 26.6. The van der Waals surface area contributed by atoms with Crippen LogP contribution in [0.2, 0.25) is 5.02 Å². The zero-order valence-corrected chi connectivity index (χ0v) is 23.9. The molecule has 4 rings (SSSR count). The van der Waals surface area contributed by atoms with Gasteiger partial charge in [-0.3, -0.25) is 4.90 Å². The van der Waals surface area contributed by atoms with E-state index in [4.69, 9.17) is 21.1 Å². The maximum Gasteiger partial charge on any atom is 0.266 e. The van der Waals surface area contributed by atoms with Crippen LogP contribution < -0.4 is 13.8 Å². The molecule has 37 heavy (non-hydrogen) atoms. The van der Waals surface area contributed by atoms with Gasteiger partial charge in [0.05, 0.1) is 25.7 Å². The van der Waals surface area contributed by atoms with Gasteiger partial charge in [0.2, 0.25) is 5.13 Å². The summed E-state index contributed by atoms with van der Waals surface area (Å²) in [6.07, 6.45) is 6.01. The highest BCUT2D eigenvalue weighted by Crippen LogP contribution is 2.36. The van der Waals surface area contributed by atoms with Crippen molar-refractivity contribution in [3.8, 4) is 11.5 Å². The Morgan fingerprint density at radius 1 is 1.19 bits per heavy atom. The van der Waals surface area contributed by atoms with Gasteiger partial charge < -0.3 is 9.47 Å². The third-order valence-electron chi connectivity index (χ3n) is 7.02. The second-order valence-electron chi connectivity index (χ2n) is 9.07. The Morgan fingerprint density at radius 2 is 2.00 bits per heavy atom. The number of hydrogen-bond acceptors (Lipinski definition) is 8. The van der Waals surface area contributed by atoms with Crippen LogP contribution >= 0.6 is 23.1 Å². The largest absolute Gasteiger partial charge is 0.497 e. The first-order valence-corrected chi connectivity index (χ1v) is 14.9. The van der Waals surface area contributed by atoms with Crippen molar-refractivity contribution in [2.45, 2.75) is 63.1 Å². The molecule has 1 aromatic heterocycles. The van der Waals surface area contributed by atoms with Gasteiger partial charge in [0.15, 0.2) is 0 Å². The third-order valence-corrected chi connectivity index (χ3v) is 9.89. The average Bonchev–Trinajstić information content (AvgIpc) is 3.45. The molecule has 0 amide bonds. The lowest BCUT2D eigenvalue weighted by molar-refractivity contribution is 0.100. The quantitative estimate of drug-likeness (QED) is 0.302. The molecule has 11 heteroatoms. The SMILES string of the molecule is CCC1CCCCN1C(C)c1ccc(S(=O)(=O)N(Cc2ccc(OC)cc2OC)c2ncns2)cc1Cl. The molecule has 2 unspecified atom stereocenters. The van der Waals surface area contributed by atoms with E-state index < -0.39 is 10.0 Å². The number of likely N-dealkylation sites (tertiary alicyclic amines) is 1. The Morgan fingerprint density at radius 3 is 2.65 bits per heavy atom. The molecule has 0 N–H and O–H groups in total. The van der Waals surface area contributed by atoms with Crippen molar-refractivity contribution in [3.05, 3.63) is 58.9 Å². The fourth-order valence-electron chi connectivity index (χ4n) is 4.95. The molecule has 0 spiro atoms. The van der Waals surface area contributed by atoms with Gasteiger partial charge in [0, 0.05) is 40.3 Å². The summed E-state index contributed by atoms with van der Waals surface area (Å²) in [7, 11) is -0.913. The van der Waals surface area contributed by atoms with Crippen molar-refractivity contribution in [1.29, 1.82) is 0 Å². The molecular weight excluding hydrogens is 532 g/mol. The third kappa shape index (κ3) is 5.87. The van der Waals surface area contributed by atoms with Crippen LogP contribution in [-0.4, -0.2) is 49.5 Å². The first-order valence-electron chi connectivity index (χ1n) is 12.4. The molecule has 0 aliphatic carbocycles. The Kier molecular flexibility index (Phi) is 8.94. The van der Waals surface area contributed by atoms with Crippen molar-refractivity contribution >= 4 is 38.3 Å². The van der Waals surface area contributed by atoms with E-state index in [1.807, 2.05) is 6.07 Å². The number of piperidine rings is 1. The normalized spacial score (nSPS) is 17.4. The van der Waals surface area contributed by atoms with Gasteiger partial charge in [-0.25, -0.2) is 17.7 Å². The molecule has 2 aromatic carbocycles. The number of rotatable bonds is 10. The maximum absolute atomic E-state index is 13.9. The van der Waals surface area contributed by atoms with Gasteiger partial charge in [-0.05, 0) is 62.6 Å². The number of anilines is 1. The highest BCUT2D eigenvalue weighted by atomic mass is 35.5. The number of aromatic nitrogens is 2. The second-order valence-corrected chi connectivity index (χ2v) is 12.1. The van der Waals surface area contributed by atoms with Gasteiger partial charge in [-0.1, -0.05) is 31.0 Å². The van der Waals surface area contributed by atoms with Crippen LogP contribution in [0.15, 0.2) is 47.6 Å². The van der Waals surface area contributed by atoms with Crippen LogP contribution in [0, 0.1) is 0 Å². The topological polar surface area (TPSA) is 84.9 Å². The lowest BCUT2D eigenvalue weighted by atomic mass is 9.95. The fourth-order valence-corrected chi connectivity index (χ4v) is 7.51. The minimum absolute atomic E-state index is 0.00637. The molecule has 8 nitrogen and oxygen atoms in total. The van der Waals surface area contributed by atoms with Crippen LogP contribution in [0.5, 0.6) is 11.5 Å². The molecule has 1 fully saturated rings. The number of benzene rings is 2. The van der Waals surface area contributed by atoms with Crippen molar-refractivity contribution in [1.82, 2.24) is 14.3 Å². The van der Waals surface area contributed by atoms with E-state index in [2.05, 4.69) is 28.1 Å². The van der Waals surface area contributed by atoms with Gasteiger partial charge in [0.25, 0.3) is 10.0 Å². The summed E-state index contributed by atoms with van der Waals surface area (Å²) in [5.41, 5.74) is 1.59. The molecule has 0 radical (unpaired) electrons. The van der Waals surface area contributed by atoms with Crippen molar-refractivity contribution in [2.24, 2.45) is 0 Å². The number of hydrogen-bond donors (Lipinski definition) is 0. The zero-order valence-electron chi connectivity index (χ0n) is 21.6. The van der Waals surface area contributed by atoms with Gasteiger partial charge >= 0.3 is 0 Å². The van der Waals surface area contributed by atoms with Gasteiger partial charge in [-0.15, -0.1) is 0 Å². The number of sulfonamides is 1. The molecule has 1 aliphatic rings. The average molecular weight is 565 g/mol. The van der Waals surface area contributed by atoms with E-state index >= 15 is 0 Å². The molecule has 0 bridgehead atoms. The number of nitrogens with zero attached hydrogens (tertiary/aromatic N) is 4. The summed E-state index contributed by atoms with van der Waals surface area (Å²) < 4.78 is 43.9. The Bertz CT molecular complexity index is 1300. The van der Waals surface area contributed by atoms with Crippen LogP contribution in [0.1, 0.15) is 56.7 Å². The predicted molar refractivity (Wildman–Crippen MR) is 147 cm³/mol. The fraction of sp³-hybridized carbons (Fsp3) is 0.462. The monoisotopic (exact) mass is 564 g/mol. The molecule has 2 atom stereocenters. The van der Waals surface area contributed by atoms with Gasteiger partial charge in [-0.2, -0.15) is 4.37 Å². The van der Waals surface area contributed by atoms with E-state index in [0.717, 1.165) is 36.5 Å². The van der Waals surface area contributed by atoms with Crippen molar-refractivity contribution in [2.75, 3.05) is 25.1 Å². The molecule has 1 aliphatic heterocycles. The van der Waals surface area contributed by atoms with Crippen LogP contribution in [0.3, 0.4) is 0 Å². The summed E-state index contributed by atoms with van der Waals surface area (Å²) in [6.45, 7) is 5.39. The standard InChI is InChI=1S/C26H33ClN4O4S2/c1-5-20-8-6-7-13-30(20)18(2)23-12-11-22(15-24(23)27)37(32,33)31(26-28-17-29-36-26)16-19-9-10-21(34-3)14-25(19)35-4/h9-12,14-15,17-18,20H,5-8,13,16H2,1-4H3. The lowest BCUT2D eigenvalue weighted by Gasteiger charge is -2.40. The Balaban J connectivity index is 1.67. The molecule has 200 valence electrons. The minimum Gasteiger partial charge on any atom is -0.497 e. The highest BCUT2D eigenvalue weighted by Gasteiger charge is 2.31. The minimum atomic E-state index is -4.01. The van der Waals surface area contributed by atoms with Crippen LogP contribution in [-0.2, 0) is 16.6 Å². The van der Waals surface area contributed by atoms with E-state index in [1.165, 1.54) is 30.6 Å². The first kappa shape index (κ1) is 27.6. The lowest BCUT2D eigenvalue weighted by Crippen LogP contribution is -2.40. The summed E-state index contributed by atoms with van der Waals surface area (Å²) in [4.78, 5) is 6.78. The van der Waals surface area contributed by atoms with Crippen molar-refractivity contribution < 1.29 is 17.9 Å². The number of ether oxygens (including phenoxy) is 2. The summed E-state index contributed by atoms with van der Waals surface area (Å²) in [5.74, 6) is 1.12. The summed E-state index contributed by atoms with van der Waals surface area (Å²) in [6, 6.07) is 10.9. The molecule has 1 saturated heterocycles. The number of methoxy groups -OCH3 is 2. The molecule has 2 heterocycles. The van der Waals surface area contributed by atoms with Crippen LogP contribution in [0.4, 0.5) is 5.13 Å². The van der Waals surface area contributed by atoms with E-state index in [-0.39, 0.29) is 22.6 Å². The molecule has 3 aromatic rings. The van der Waals surface area contributed by atoms with E-state index in [0.29, 0.717) is 28.1 Å². The van der Waals surface area contributed by atoms with Crippen LogP contribution in [0.25, 0.3) is 0 Å². The molecule has 0 saturated carbocycles.